The zero-order valence-electron chi connectivity index (χ0n) is 67.3. The van der Waals surface area contributed by atoms with Crippen molar-refractivity contribution >= 4 is 87.2 Å². The molecule has 24 rings (SSSR count). The van der Waals surface area contributed by atoms with Crippen LogP contribution in [0.15, 0.2) is 449 Å². The van der Waals surface area contributed by atoms with E-state index in [1.807, 2.05) is 0 Å². The zero-order valence-corrected chi connectivity index (χ0v) is 67.3. The summed E-state index contributed by atoms with van der Waals surface area (Å²) in [7, 11) is 0. The first-order chi connectivity index (χ1) is 61.4. The van der Waals surface area contributed by atoms with Crippen molar-refractivity contribution in [1.82, 2.24) is 38.2 Å². The first-order valence-electron chi connectivity index (χ1n) is 42.2. The van der Waals surface area contributed by atoms with E-state index in [0.717, 1.165) is 179 Å². The van der Waals surface area contributed by atoms with E-state index in [4.69, 9.17) is 19.9 Å². The first kappa shape index (κ1) is 71.4. The molecule has 0 unspecified atom stereocenters. The van der Waals surface area contributed by atoms with Gasteiger partial charge >= 0.3 is 0 Å². The maximum absolute atomic E-state index is 5.49. The van der Waals surface area contributed by atoms with Crippen LogP contribution in [0.5, 0.6) is 0 Å². The van der Waals surface area contributed by atoms with Crippen LogP contribution in [0.1, 0.15) is 0 Å². The van der Waals surface area contributed by atoms with E-state index >= 15 is 0 Å². The fourth-order valence-electron chi connectivity index (χ4n) is 18.8. The molecule has 6 aromatic heterocycles. The van der Waals surface area contributed by atoms with Crippen LogP contribution in [0.25, 0.3) is 233 Å². The summed E-state index contributed by atoms with van der Waals surface area (Å²) in [6.07, 6.45) is 0. The normalized spacial score (nSPS) is 11.7. The van der Waals surface area contributed by atoms with Gasteiger partial charge in [0, 0.05) is 99.2 Å². The molecule has 0 spiro atoms. The van der Waals surface area contributed by atoms with Crippen molar-refractivity contribution in [3.05, 3.63) is 449 Å². The van der Waals surface area contributed by atoms with Crippen LogP contribution in [-0.4, -0.2) is 38.2 Å². The predicted molar refractivity (Wildman–Crippen MR) is 515 cm³/mol. The Kier molecular flexibility index (Phi) is 17.1. The zero-order chi connectivity index (χ0) is 81.7. The molecular formula is C116H74N8. The number of fused-ring (bicyclic) bond motifs is 12. The summed E-state index contributed by atoms with van der Waals surface area (Å²) < 4.78 is 9.42. The lowest BCUT2D eigenvalue weighted by molar-refractivity contribution is 1.16. The fraction of sp³-hybridized carbons (Fsp3) is 0. The molecule has 0 fully saturated rings. The Morgan fingerprint density at radius 1 is 0.121 bits per heavy atom. The minimum absolute atomic E-state index is 0.636. The van der Waals surface area contributed by atoms with Gasteiger partial charge in [0.05, 0.1) is 66.9 Å². The molecule has 0 saturated carbocycles. The van der Waals surface area contributed by atoms with Crippen LogP contribution < -0.4 is 0 Å². The van der Waals surface area contributed by atoms with E-state index in [-0.39, 0.29) is 0 Å². The maximum Gasteiger partial charge on any atom is 0.160 e. The fourth-order valence-corrected chi connectivity index (χ4v) is 18.8. The Hall–Kier alpha value is -16.7. The van der Waals surface area contributed by atoms with Gasteiger partial charge in [-0.15, -0.1) is 0 Å². The minimum atomic E-state index is 0.636. The van der Waals surface area contributed by atoms with Crippen LogP contribution in [-0.2, 0) is 0 Å². The van der Waals surface area contributed by atoms with E-state index in [9.17, 15) is 0 Å². The summed E-state index contributed by atoms with van der Waals surface area (Å²) in [4.78, 5) is 21.9. The standard InChI is InChI=1S/C116H74N8/c1-3-23-75(24-4-1)85-67-86(76-25-5-2-6-26-76)70-89(69-85)90-71-87(77-43-47-79(48-44-77)103-73-105(81-51-59-91(60-52-81)121-107-35-15-7-27-95(107)96-28-8-16-36-108(96)121)119-115(117-103)83-55-63-93(64-56-83)123-111-39-19-11-31-99(111)100-32-12-20-40-112(100)123)68-88(72-90)78-45-49-80(50-46-78)104-74-106(82-53-61-92(62-54-82)122-109-37-17-9-29-97(109)98-30-10-18-38-110(98)122)120-116(118-104)84-57-65-94(66-58-84)124-113-41-21-13-33-101(113)102-34-14-22-42-114(102)124/h1-74H. The second-order valence-corrected chi connectivity index (χ2v) is 32.1. The summed E-state index contributed by atoms with van der Waals surface area (Å²) in [6.45, 7) is 0. The largest absolute Gasteiger partial charge is 0.309 e. The highest BCUT2D eigenvalue weighted by Gasteiger charge is 2.22. The molecule has 0 aliphatic carbocycles. The third kappa shape index (κ3) is 12.5. The quantitative estimate of drug-likeness (QED) is 0.103. The highest BCUT2D eigenvalue weighted by atomic mass is 15.0. The molecule has 0 amide bonds. The van der Waals surface area contributed by atoms with Crippen molar-refractivity contribution in [2.75, 3.05) is 0 Å². The molecule has 8 nitrogen and oxygen atoms in total. The SMILES string of the molecule is c1ccc(-c2cc(-c3ccccc3)cc(-c3cc(-c4ccc(-c5cc(-c6ccc(-n7c8ccccc8c8ccccc87)cc6)nc(-c6ccc(-n7c8ccccc8c8ccccc87)cc6)n5)cc4)cc(-c4ccc(-c5cc(-c6ccc(-n7c8ccccc8c8ccccc87)cc6)nc(-c6ccc(-n7c8ccccc8c8ccccc87)cc6)n5)cc4)c3)c2)cc1. The van der Waals surface area contributed by atoms with Crippen molar-refractivity contribution in [2.24, 2.45) is 0 Å². The topological polar surface area (TPSA) is 71.3 Å². The van der Waals surface area contributed by atoms with Gasteiger partial charge in [-0.1, -0.05) is 279 Å². The van der Waals surface area contributed by atoms with Crippen LogP contribution in [0.4, 0.5) is 0 Å². The Bertz CT molecular complexity index is 7240. The highest BCUT2D eigenvalue weighted by Crippen LogP contribution is 2.43. The Labute approximate surface area is 715 Å². The molecular weight excluding hydrogens is 1510 g/mol. The van der Waals surface area contributed by atoms with Crippen molar-refractivity contribution in [1.29, 1.82) is 0 Å². The molecule has 0 saturated heterocycles. The van der Waals surface area contributed by atoms with Crippen LogP contribution in [0, 0.1) is 0 Å². The third-order valence-electron chi connectivity index (χ3n) is 24.8. The monoisotopic (exact) mass is 1580 g/mol. The second kappa shape index (κ2) is 29.7. The average molecular weight is 1580 g/mol. The third-order valence-corrected chi connectivity index (χ3v) is 24.8. The lowest BCUT2D eigenvalue weighted by atomic mass is 9.89. The molecule has 18 aromatic carbocycles. The van der Waals surface area contributed by atoms with E-state index in [1.165, 1.54) is 43.1 Å². The second-order valence-electron chi connectivity index (χ2n) is 32.1. The lowest BCUT2D eigenvalue weighted by Gasteiger charge is -2.15. The Morgan fingerprint density at radius 2 is 0.282 bits per heavy atom. The summed E-state index contributed by atoms with van der Waals surface area (Å²) in [5.41, 5.74) is 33.6. The van der Waals surface area contributed by atoms with Crippen molar-refractivity contribution in [3.8, 4) is 146 Å². The smallest absolute Gasteiger partial charge is 0.160 e. The number of benzene rings is 18. The van der Waals surface area contributed by atoms with Crippen molar-refractivity contribution < 1.29 is 0 Å². The maximum atomic E-state index is 5.49. The molecule has 124 heavy (non-hydrogen) atoms. The van der Waals surface area contributed by atoms with Gasteiger partial charge in [0.1, 0.15) is 0 Å². The van der Waals surface area contributed by atoms with Crippen molar-refractivity contribution in [2.45, 2.75) is 0 Å². The molecule has 24 aromatic rings. The minimum Gasteiger partial charge on any atom is -0.309 e. The molecule has 8 heteroatoms. The van der Waals surface area contributed by atoms with Gasteiger partial charge in [-0.3, -0.25) is 0 Å². The molecule has 578 valence electrons. The van der Waals surface area contributed by atoms with Crippen LogP contribution >= 0.6 is 0 Å². The number of nitrogens with zero attached hydrogens (tertiary/aromatic N) is 8. The predicted octanol–water partition coefficient (Wildman–Crippen LogP) is 30.0. The van der Waals surface area contributed by atoms with Gasteiger partial charge in [-0.05, 0) is 225 Å². The number of hydrogen-bond acceptors (Lipinski definition) is 4. The number of hydrogen-bond donors (Lipinski definition) is 0. The van der Waals surface area contributed by atoms with Crippen molar-refractivity contribution in [3.63, 3.8) is 0 Å². The van der Waals surface area contributed by atoms with Crippen LogP contribution in [0.2, 0.25) is 0 Å². The van der Waals surface area contributed by atoms with Gasteiger partial charge in [0.15, 0.2) is 11.6 Å². The van der Waals surface area contributed by atoms with Gasteiger partial charge < -0.3 is 18.3 Å². The highest BCUT2D eigenvalue weighted by molar-refractivity contribution is 6.13. The molecule has 0 radical (unpaired) electrons. The summed E-state index contributed by atoms with van der Waals surface area (Å²) >= 11 is 0. The molecule has 0 aliphatic rings. The molecule has 0 bridgehead atoms. The van der Waals surface area contributed by atoms with Crippen LogP contribution in [0.3, 0.4) is 0 Å². The number of aromatic nitrogens is 8. The van der Waals surface area contributed by atoms with E-state index in [1.54, 1.807) is 0 Å². The summed E-state index contributed by atoms with van der Waals surface area (Å²) in [5.74, 6) is 1.27. The first-order valence-corrected chi connectivity index (χ1v) is 42.2. The molecule has 0 N–H and O–H groups in total. The van der Waals surface area contributed by atoms with E-state index in [2.05, 4.69) is 467 Å². The molecule has 6 heterocycles. The Balaban J connectivity index is 0.621. The molecule has 0 atom stereocenters. The van der Waals surface area contributed by atoms with Gasteiger partial charge in [0.25, 0.3) is 0 Å². The molecule has 0 aliphatic heterocycles. The van der Waals surface area contributed by atoms with Gasteiger partial charge in [0.2, 0.25) is 0 Å². The number of rotatable bonds is 15. The summed E-state index contributed by atoms with van der Waals surface area (Å²) in [6, 6.07) is 162. The lowest BCUT2D eigenvalue weighted by Crippen LogP contribution is -1.98. The summed E-state index contributed by atoms with van der Waals surface area (Å²) in [5, 5.41) is 9.78. The van der Waals surface area contributed by atoms with Gasteiger partial charge in [-0.25, -0.2) is 19.9 Å². The van der Waals surface area contributed by atoms with E-state index in [0.29, 0.717) is 11.6 Å². The van der Waals surface area contributed by atoms with Gasteiger partial charge in [-0.2, -0.15) is 0 Å². The number of para-hydroxylation sites is 8. The average Bonchev–Trinajstić information content (AvgIpc) is 1.60. The Morgan fingerprint density at radius 3 is 0.500 bits per heavy atom. The van der Waals surface area contributed by atoms with E-state index < -0.39 is 0 Å².